The molecular formula is C19H20FN3O2S. The zero-order valence-corrected chi connectivity index (χ0v) is 15.2. The van der Waals surface area contributed by atoms with Gasteiger partial charge in [-0.05, 0) is 41.8 Å². The maximum atomic E-state index is 13.4. The SMILES string of the molecule is CC(=O)N1CCC[C@H](C(=O)NC2Nc3ccc4cc(F)ccc4c3S2)C1. The van der Waals surface area contributed by atoms with Crippen molar-refractivity contribution < 1.29 is 14.0 Å². The number of piperidine rings is 1. The zero-order valence-electron chi connectivity index (χ0n) is 14.4. The number of amides is 2. The maximum Gasteiger partial charge on any atom is 0.227 e. The van der Waals surface area contributed by atoms with E-state index >= 15 is 0 Å². The number of nitrogens with zero attached hydrogens (tertiary/aromatic N) is 1. The first-order chi connectivity index (χ1) is 12.5. The molecule has 1 fully saturated rings. The van der Waals surface area contributed by atoms with Crippen molar-refractivity contribution in [2.75, 3.05) is 18.4 Å². The van der Waals surface area contributed by atoms with Crippen molar-refractivity contribution in [3.8, 4) is 0 Å². The third-order valence-electron chi connectivity index (χ3n) is 4.97. The third-order valence-corrected chi connectivity index (χ3v) is 6.11. The van der Waals surface area contributed by atoms with Crippen molar-refractivity contribution in [3.05, 3.63) is 36.1 Å². The van der Waals surface area contributed by atoms with Gasteiger partial charge in [0.15, 0.2) is 5.50 Å². The Morgan fingerprint density at radius 3 is 2.96 bits per heavy atom. The third kappa shape index (κ3) is 3.23. The molecule has 0 aromatic heterocycles. The van der Waals surface area contributed by atoms with Crippen LogP contribution in [-0.4, -0.2) is 35.3 Å². The van der Waals surface area contributed by atoms with E-state index in [-0.39, 0.29) is 29.0 Å². The Morgan fingerprint density at radius 2 is 2.15 bits per heavy atom. The van der Waals surface area contributed by atoms with Gasteiger partial charge in [0.1, 0.15) is 5.82 Å². The van der Waals surface area contributed by atoms with Gasteiger partial charge >= 0.3 is 0 Å². The van der Waals surface area contributed by atoms with Crippen molar-refractivity contribution in [2.24, 2.45) is 5.92 Å². The quantitative estimate of drug-likeness (QED) is 0.849. The van der Waals surface area contributed by atoms with Crippen LogP contribution in [0, 0.1) is 11.7 Å². The van der Waals surface area contributed by atoms with Crippen molar-refractivity contribution in [3.63, 3.8) is 0 Å². The van der Waals surface area contributed by atoms with Gasteiger partial charge in [0.05, 0.1) is 11.6 Å². The first-order valence-corrected chi connectivity index (χ1v) is 9.60. The highest BCUT2D eigenvalue weighted by molar-refractivity contribution is 8.00. The number of hydrogen-bond acceptors (Lipinski definition) is 4. The van der Waals surface area contributed by atoms with E-state index in [1.807, 2.05) is 12.1 Å². The van der Waals surface area contributed by atoms with E-state index < -0.39 is 0 Å². The number of rotatable bonds is 2. The van der Waals surface area contributed by atoms with Crippen LogP contribution in [0.5, 0.6) is 0 Å². The molecule has 2 atom stereocenters. The molecule has 2 aliphatic rings. The van der Waals surface area contributed by atoms with Gasteiger partial charge in [0, 0.05) is 24.9 Å². The van der Waals surface area contributed by atoms with Gasteiger partial charge in [0.25, 0.3) is 0 Å². The number of halogens is 1. The average molecular weight is 373 g/mol. The van der Waals surface area contributed by atoms with E-state index in [4.69, 9.17) is 0 Å². The maximum absolute atomic E-state index is 13.4. The number of carbonyl (C=O) groups excluding carboxylic acids is 2. The summed E-state index contributed by atoms with van der Waals surface area (Å²) in [4.78, 5) is 26.9. The van der Waals surface area contributed by atoms with Crippen LogP contribution in [0.15, 0.2) is 35.2 Å². The molecule has 2 aliphatic heterocycles. The number of likely N-dealkylation sites (tertiary alicyclic amines) is 1. The molecule has 2 aromatic carbocycles. The van der Waals surface area contributed by atoms with Crippen molar-refractivity contribution >= 4 is 40.0 Å². The van der Waals surface area contributed by atoms with E-state index in [2.05, 4.69) is 10.6 Å². The average Bonchev–Trinajstić information content (AvgIpc) is 3.04. The van der Waals surface area contributed by atoms with Crippen LogP contribution in [0.4, 0.5) is 10.1 Å². The van der Waals surface area contributed by atoms with Gasteiger partial charge < -0.3 is 15.5 Å². The second-order valence-electron chi connectivity index (χ2n) is 6.76. The van der Waals surface area contributed by atoms with Crippen molar-refractivity contribution in [1.29, 1.82) is 0 Å². The minimum absolute atomic E-state index is 0.0157. The number of thioether (sulfide) groups is 1. The van der Waals surface area contributed by atoms with Crippen molar-refractivity contribution in [1.82, 2.24) is 10.2 Å². The Balaban J connectivity index is 1.46. The van der Waals surface area contributed by atoms with Crippen LogP contribution in [-0.2, 0) is 9.59 Å². The summed E-state index contributed by atoms with van der Waals surface area (Å²) in [7, 11) is 0. The highest BCUT2D eigenvalue weighted by atomic mass is 32.2. The summed E-state index contributed by atoms with van der Waals surface area (Å²) in [5.74, 6) is -0.457. The molecule has 2 amide bonds. The molecule has 1 unspecified atom stereocenters. The Hall–Kier alpha value is -2.28. The van der Waals surface area contributed by atoms with Crippen LogP contribution in [0.2, 0.25) is 0 Å². The lowest BCUT2D eigenvalue weighted by Crippen LogP contribution is -2.47. The number of hydrogen-bond donors (Lipinski definition) is 2. The molecule has 0 spiro atoms. The topological polar surface area (TPSA) is 61.4 Å². The smallest absolute Gasteiger partial charge is 0.227 e. The monoisotopic (exact) mass is 373 g/mol. The summed E-state index contributed by atoms with van der Waals surface area (Å²) in [5, 5.41) is 8.15. The Labute approximate surface area is 155 Å². The second-order valence-corrected chi connectivity index (χ2v) is 7.88. The predicted molar refractivity (Wildman–Crippen MR) is 100 cm³/mol. The normalized spacial score (nSPS) is 22.0. The van der Waals surface area contributed by atoms with Crippen LogP contribution < -0.4 is 10.6 Å². The fourth-order valence-electron chi connectivity index (χ4n) is 3.59. The standard InChI is InChI=1S/C19H20FN3O2S/c1-11(24)23-8-2-3-13(10-23)18(25)22-19-21-16-7-4-12-9-14(20)5-6-15(12)17(16)26-19/h4-7,9,13,19,21H,2-3,8,10H2,1H3,(H,22,25)/t13-,19?/m0/s1. The van der Waals surface area contributed by atoms with Gasteiger partial charge in [-0.2, -0.15) is 0 Å². The van der Waals surface area contributed by atoms with Crippen LogP contribution in [0.1, 0.15) is 19.8 Å². The minimum atomic E-state index is -0.263. The summed E-state index contributed by atoms with van der Waals surface area (Å²) in [6, 6.07) is 8.53. The molecular weight excluding hydrogens is 353 g/mol. The molecule has 0 aliphatic carbocycles. The lowest BCUT2D eigenvalue weighted by Gasteiger charge is -2.31. The lowest BCUT2D eigenvalue weighted by atomic mass is 9.97. The summed E-state index contributed by atoms with van der Waals surface area (Å²) in [6.45, 7) is 2.75. The molecule has 2 aromatic rings. The highest BCUT2D eigenvalue weighted by Gasteiger charge is 2.30. The van der Waals surface area contributed by atoms with Gasteiger partial charge in [0.2, 0.25) is 11.8 Å². The summed E-state index contributed by atoms with van der Waals surface area (Å²) < 4.78 is 13.4. The first kappa shape index (κ1) is 17.1. The second kappa shape index (κ2) is 6.79. The Bertz CT molecular complexity index is 888. The van der Waals surface area contributed by atoms with Crippen LogP contribution in [0.3, 0.4) is 0 Å². The number of anilines is 1. The highest BCUT2D eigenvalue weighted by Crippen LogP contribution is 2.42. The molecule has 2 N–H and O–H groups in total. The van der Waals surface area contributed by atoms with Gasteiger partial charge in [-0.15, -0.1) is 0 Å². The fourth-order valence-corrected chi connectivity index (χ4v) is 4.75. The molecule has 4 rings (SSSR count). The van der Waals surface area contributed by atoms with E-state index in [9.17, 15) is 14.0 Å². The summed E-state index contributed by atoms with van der Waals surface area (Å²) in [6.07, 6.45) is 1.64. The number of carbonyl (C=O) groups is 2. The van der Waals surface area contributed by atoms with E-state index in [0.29, 0.717) is 6.54 Å². The number of nitrogens with one attached hydrogen (secondary N) is 2. The number of fused-ring (bicyclic) bond motifs is 3. The van der Waals surface area contributed by atoms with E-state index in [0.717, 1.165) is 40.7 Å². The van der Waals surface area contributed by atoms with Crippen LogP contribution in [0.25, 0.3) is 10.8 Å². The van der Waals surface area contributed by atoms with Crippen LogP contribution >= 0.6 is 11.8 Å². The van der Waals surface area contributed by atoms with Gasteiger partial charge in [-0.1, -0.05) is 23.9 Å². The lowest BCUT2D eigenvalue weighted by molar-refractivity contribution is -0.133. The minimum Gasteiger partial charge on any atom is -0.356 e. The molecule has 0 radical (unpaired) electrons. The summed E-state index contributed by atoms with van der Waals surface area (Å²) in [5.41, 5.74) is 0.675. The molecule has 26 heavy (non-hydrogen) atoms. The molecule has 7 heteroatoms. The largest absolute Gasteiger partial charge is 0.356 e. The number of benzene rings is 2. The first-order valence-electron chi connectivity index (χ1n) is 8.72. The van der Waals surface area contributed by atoms with Gasteiger partial charge in [-0.25, -0.2) is 4.39 Å². The van der Waals surface area contributed by atoms with Crippen molar-refractivity contribution in [2.45, 2.75) is 30.2 Å². The molecule has 0 saturated carbocycles. The molecule has 0 bridgehead atoms. The predicted octanol–water partition coefficient (Wildman–Crippen LogP) is 3.15. The van der Waals surface area contributed by atoms with E-state index in [1.165, 1.54) is 23.9 Å². The zero-order chi connectivity index (χ0) is 18.3. The molecule has 136 valence electrons. The fraction of sp³-hybridized carbons (Fsp3) is 0.368. The molecule has 5 nitrogen and oxygen atoms in total. The van der Waals surface area contributed by atoms with Gasteiger partial charge in [-0.3, -0.25) is 9.59 Å². The summed E-state index contributed by atoms with van der Waals surface area (Å²) >= 11 is 1.52. The molecule has 2 heterocycles. The Kier molecular flexibility index (Phi) is 4.48. The van der Waals surface area contributed by atoms with E-state index in [1.54, 1.807) is 17.9 Å². The Morgan fingerprint density at radius 1 is 1.31 bits per heavy atom. The molecule has 1 saturated heterocycles.